The fourth-order valence-corrected chi connectivity index (χ4v) is 2.29. The van der Waals surface area contributed by atoms with Gasteiger partial charge in [0, 0.05) is 19.6 Å². The molecule has 1 saturated heterocycles. The van der Waals surface area contributed by atoms with Gasteiger partial charge in [0.25, 0.3) is 0 Å². The Bertz CT molecular complexity index is 531. The largest absolute Gasteiger partial charge is 0.371 e. The van der Waals surface area contributed by atoms with E-state index in [9.17, 15) is 4.39 Å². The molecule has 6 heteroatoms. The number of hydrogen-bond acceptors (Lipinski definition) is 4. The lowest BCUT2D eigenvalue weighted by Gasteiger charge is -2.32. The fraction of sp³-hybridized carbons (Fsp3) is 0.385. The highest BCUT2D eigenvalue weighted by molar-refractivity contribution is 5.19. The SMILES string of the molecule is Fc1cccc(C2CN(Cc3cn[nH]n3)CCO2)c1. The molecular formula is C13H15FN4O. The zero-order chi connectivity index (χ0) is 13.1. The molecule has 1 aliphatic heterocycles. The molecule has 2 aromatic rings. The second kappa shape index (κ2) is 5.46. The second-order valence-electron chi connectivity index (χ2n) is 4.61. The average molecular weight is 262 g/mol. The zero-order valence-electron chi connectivity index (χ0n) is 10.4. The van der Waals surface area contributed by atoms with Crippen LogP contribution in [0.4, 0.5) is 4.39 Å². The van der Waals surface area contributed by atoms with Crippen LogP contribution in [0.3, 0.4) is 0 Å². The van der Waals surface area contributed by atoms with Crippen molar-refractivity contribution in [2.45, 2.75) is 12.6 Å². The standard InChI is InChI=1S/C13H15FN4O/c14-11-3-1-2-10(6-11)13-9-18(4-5-19-13)8-12-7-15-17-16-12/h1-3,6-7,13H,4-5,8-9H2,(H,15,16,17). The smallest absolute Gasteiger partial charge is 0.123 e. The maximum absolute atomic E-state index is 13.2. The first-order valence-corrected chi connectivity index (χ1v) is 6.25. The Hall–Kier alpha value is -1.79. The van der Waals surface area contributed by atoms with Crippen LogP contribution in [-0.4, -0.2) is 40.0 Å². The van der Waals surface area contributed by atoms with Crippen LogP contribution < -0.4 is 0 Å². The molecule has 1 fully saturated rings. The van der Waals surface area contributed by atoms with Gasteiger partial charge in [0.1, 0.15) is 5.82 Å². The van der Waals surface area contributed by atoms with Crippen LogP contribution in [0, 0.1) is 5.82 Å². The van der Waals surface area contributed by atoms with Gasteiger partial charge in [-0.1, -0.05) is 12.1 Å². The van der Waals surface area contributed by atoms with E-state index in [0.29, 0.717) is 6.61 Å². The summed E-state index contributed by atoms with van der Waals surface area (Å²) in [5, 5.41) is 10.4. The van der Waals surface area contributed by atoms with Crippen molar-refractivity contribution in [3.63, 3.8) is 0 Å². The molecule has 0 aliphatic carbocycles. The minimum absolute atomic E-state index is 0.0867. The van der Waals surface area contributed by atoms with Gasteiger partial charge in [0.2, 0.25) is 0 Å². The highest BCUT2D eigenvalue weighted by atomic mass is 19.1. The van der Waals surface area contributed by atoms with Gasteiger partial charge >= 0.3 is 0 Å². The van der Waals surface area contributed by atoms with E-state index in [1.165, 1.54) is 12.1 Å². The summed E-state index contributed by atoms with van der Waals surface area (Å²) < 4.78 is 18.9. The van der Waals surface area contributed by atoms with Crippen molar-refractivity contribution in [2.24, 2.45) is 0 Å². The minimum Gasteiger partial charge on any atom is -0.371 e. The molecule has 1 aliphatic rings. The molecule has 100 valence electrons. The van der Waals surface area contributed by atoms with E-state index in [-0.39, 0.29) is 11.9 Å². The maximum Gasteiger partial charge on any atom is 0.123 e. The molecule has 0 bridgehead atoms. The van der Waals surface area contributed by atoms with Crippen molar-refractivity contribution in [1.29, 1.82) is 0 Å². The van der Waals surface area contributed by atoms with Crippen molar-refractivity contribution in [3.05, 3.63) is 47.5 Å². The van der Waals surface area contributed by atoms with Crippen molar-refractivity contribution in [2.75, 3.05) is 19.7 Å². The van der Waals surface area contributed by atoms with Gasteiger partial charge < -0.3 is 4.74 Å². The molecule has 5 nitrogen and oxygen atoms in total. The Morgan fingerprint density at radius 1 is 1.47 bits per heavy atom. The van der Waals surface area contributed by atoms with E-state index in [4.69, 9.17) is 4.74 Å². The minimum atomic E-state index is -0.227. The molecule has 0 spiro atoms. The number of ether oxygens (including phenoxy) is 1. The van der Waals surface area contributed by atoms with Crippen molar-refractivity contribution >= 4 is 0 Å². The summed E-state index contributed by atoms with van der Waals surface area (Å²) >= 11 is 0. The molecule has 1 aromatic carbocycles. The molecule has 0 amide bonds. The normalized spacial score (nSPS) is 20.6. The first kappa shape index (κ1) is 12.3. The van der Waals surface area contributed by atoms with Crippen LogP contribution >= 0.6 is 0 Å². The topological polar surface area (TPSA) is 54.0 Å². The number of morpholine rings is 1. The van der Waals surface area contributed by atoms with Gasteiger partial charge in [-0.3, -0.25) is 4.90 Å². The third kappa shape index (κ3) is 2.97. The van der Waals surface area contributed by atoms with Crippen LogP contribution in [-0.2, 0) is 11.3 Å². The molecule has 0 saturated carbocycles. The highest BCUT2D eigenvalue weighted by Gasteiger charge is 2.22. The van der Waals surface area contributed by atoms with E-state index in [0.717, 1.165) is 30.9 Å². The average Bonchev–Trinajstić information content (AvgIpc) is 2.92. The molecular weight excluding hydrogens is 247 g/mol. The Morgan fingerprint density at radius 3 is 3.21 bits per heavy atom. The molecule has 2 heterocycles. The van der Waals surface area contributed by atoms with E-state index in [1.807, 2.05) is 6.07 Å². The van der Waals surface area contributed by atoms with Crippen LogP contribution in [0.1, 0.15) is 17.4 Å². The van der Waals surface area contributed by atoms with Crippen molar-refractivity contribution < 1.29 is 9.13 Å². The number of nitrogens with zero attached hydrogens (tertiary/aromatic N) is 3. The van der Waals surface area contributed by atoms with Crippen LogP contribution in [0.25, 0.3) is 0 Å². The number of H-pyrrole nitrogens is 1. The maximum atomic E-state index is 13.2. The summed E-state index contributed by atoms with van der Waals surface area (Å²) in [4.78, 5) is 2.23. The number of aromatic nitrogens is 3. The molecule has 1 atom stereocenters. The lowest BCUT2D eigenvalue weighted by Crippen LogP contribution is -2.37. The predicted octanol–water partition coefficient (Wildman–Crippen LogP) is 1.52. The van der Waals surface area contributed by atoms with E-state index in [1.54, 1.807) is 12.3 Å². The summed E-state index contributed by atoms with van der Waals surface area (Å²) in [6.07, 6.45) is 1.63. The highest BCUT2D eigenvalue weighted by Crippen LogP contribution is 2.23. The van der Waals surface area contributed by atoms with Crippen molar-refractivity contribution in [1.82, 2.24) is 20.3 Å². The van der Waals surface area contributed by atoms with E-state index < -0.39 is 0 Å². The summed E-state index contributed by atoms with van der Waals surface area (Å²) in [6.45, 7) is 2.94. The van der Waals surface area contributed by atoms with Crippen LogP contribution in [0.2, 0.25) is 0 Å². The molecule has 1 aromatic heterocycles. The lowest BCUT2D eigenvalue weighted by atomic mass is 10.1. The summed E-state index contributed by atoms with van der Waals surface area (Å²) in [7, 11) is 0. The zero-order valence-corrected chi connectivity index (χ0v) is 10.4. The number of hydrogen-bond donors (Lipinski definition) is 1. The van der Waals surface area contributed by atoms with Gasteiger partial charge in [-0.2, -0.15) is 15.4 Å². The molecule has 19 heavy (non-hydrogen) atoms. The van der Waals surface area contributed by atoms with Crippen molar-refractivity contribution in [3.8, 4) is 0 Å². The number of aromatic amines is 1. The third-order valence-corrected chi connectivity index (χ3v) is 3.22. The Labute approximate surface area is 110 Å². The quantitative estimate of drug-likeness (QED) is 0.911. The van der Waals surface area contributed by atoms with E-state index in [2.05, 4.69) is 20.3 Å². The molecule has 1 unspecified atom stereocenters. The van der Waals surface area contributed by atoms with Crippen LogP contribution in [0.5, 0.6) is 0 Å². The number of nitrogens with one attached hydrogen (secondary N) is 1. The Kier molecular flexibility index (Phi) is 3.52. The van der Waals surface area contributed by atoms with Gasteiger partial charge in [-0.05, 0) is 17.7 Å². The van der Waals surface area contributed by atoms with Gasteiger partial charge in [-0.25, -0.2) is 4.39 Å². The molecule has 0 radical (unpaired) electrons. The van der Waals surface area contributed by atoms with Crippen LogP contribution in [0.15, 0.2) is 30.5 Å². The first-order valence-electron chi connectivity index (χ1n) is 6.25. The number of benzene rings is 1. The Balaban J connectivity index is 1.67. The number of rotatable bonds is 3. The predicted molar refractivity (Wildman–Crippen MR) is 66.8 cm³/mol. The fourth-order valence-electron chi connectivity index (χ4n) is 2.29. The first-order chi connectivity index (χ1) is 9.31. The summed E-state index contributed by atoms with van der Waals surface area (Å²) in [5.74, 6) is -0.227. The van der Waals surface area contributed by atoms with E-state index >= 15 is 0 Å². The summed E-state index contributed by atoms with van der Waals surface area (Å²) in [5.41, 5.74) is 1.78. The molecule has 1 N–H and O–H groups in total. The second-order valence-corrected chi connectivity index (χ2v) is 4.61. The Morgan fingerprint density at radius 2 is 2.42 bits per heavy atom. The molecule has 3 rings (SSSR count). The van der Waals surface area contributed by atoms with Gasteiger partial charge in [0.05, 0.1) is 24.6 Å². The lowest BCUT2D eigenvalue weighted by molar-refractivity contribution is -0.0334. The number of halogens is 1. The third-order valence-electron chi connectivity index (χ3n) is 3.22. The monoisotopic (exact) mass is 262 g/mol. The van der Waals surface area contributed by atoms with Gasteiger partial charge in [-0.15, -0.1) is 0 Å². The van der Waals surface area contributed by atoms with Gasteiger partial charge in [0.15, 0.2) is 0 Å². The summed E-state index contributed by atoms with van der Waals surface area (Å²) in [6, 6.07) is 6.59.